The Bertz CT molecular complexity index is 806. The first-order chi connectivity index (χ1) is 12.3. The Morgan fingerprint density at radius 1 is 1.08 bits per heavy atom. The fraction of sp³-hybridized carbons (Fsp3) is 0.211. The van der Waals surface area contributed by atoms with Crippen LogP contribution < -0.4 is 5.32 Å². The van der Waals surface area contributed by atoms with Gasteiger partial charge in [-0.2, -0.15) is 0 Å². The highest BCUT2D eigenvalue weighted by molar-refractivity contribution is 8.00. The lowest BCUT2D eigenvalue weighted by Crippen LogP contribution is -2.31. The number of carbonyl (C=O) groups is 1. The third-order valence-corrected chi connectivity index (χ3v) is 4.84. The Morgan fingerprint density at radius 3 is 2.44 bits per heavy atom. The number of hydrogen-bond acceptors (Lipinski definition) is 5. The van der Waals surface area contributed by atoms with Crippen LogP contribution in [0.15, 0.2) is 70.3 Å². The van der Waals surface area contributed by atoms with Crippen molar-refractivity contribution < 1.29 is 9.21 Å². The Hall–Kier alpha value is -2.60. The minimum atomic E-state index is -0.271. The first-order valence-corrected chi connectivity index (χ1v) is 9.01. The molecule has 1 amide bonds. The van der Waals surface area contributed by atoms with Crippen molar-refractivity contribution in [2.45, 2.75) is 30.4 Å². The molecule has 0 saturated carbocycles. The molecule has 0 saturated heterocycles. The van der Waals surface area contributed by atoms with E-state index in [0.717, 1.165) is 11.1 Å². The van der Waals surface area contributed by atoms with E-state index in [9.17, 15) is 4.79 Å². The molecular formula is C19H19N3O2S. The molecule has 0 bridgehead atoms. The molecule has 0 spiro atoms. The SMILES string of the molecule is CCC(Sc1nnc(-c2ccccc2)o1)C(=O)NCc1ccccc1. The maximum Gasteiger partial charge on any atom is 0.277 e. The quantitative estimate of drug-likeness (QED) is 0.652. The van der Waals surface area contributed by atoms with E-state index in [-0.39, 0.29) is 11.2 Å². The minimum Gasteiger partial charge on any atom is -0.411 e. The molecule has 0 fully saturated rings. The second-order valence-corrected chi connectivity index (χ2v) is 6.61. The molecule has 128 valence electrons. The zero-order chi connectivity index (χ0) is 17.5. The van der Waals surface area contributed by atoms with Crippen LogP contribution in [0.3, 0.4) is 0 Å². The molecule has 1 unspecified atom stereocenters. The van der Waals surface area contributed by atoms with Crippen LogP contribution >= 0.6 is 11.8 Å². The molecular weight excluding hydrogens is 334 g/mol. The molecule has 1 N–H and O–H groups in total. The first-order valence-electron chi connectivity index (χ1n) is 8.13. The molecule has 3 rings (SSSR count). The predicted molar refractivity (Wildman–Crippen MR) is 98.0 cm³/mol. The van der Waals surface area contributed by atoms with Crippen molar-refractivity contribution in [1.82, 2.24) is 15.5 Å². The van der Waals surface area contributed by atoms with Crippen molar-refractivity contribution in [2.75, 3.05) is 0 Å². The molecule has 1 aromatic heterocycles. The van der Waals surface area contributed by atoms with E-state index in [1.54, 1.807) is 0 Å². The van der Waals surface area contributed by atoms with Crippen LogP contribution in [-0.4, -0.2) is 21.4 Å². The zero-order valence-electron chi connectivity index (χ0n) is 13.9. The molecule has 0 aliphatic rings. The van der Waals surface area contributed by atoms with Crippen LogP contribution in [0.1, 0.15) is 18.9 Å². The second-order valence-electron chi connectivity index (χ2n) is 5.46. The summed E-state index contributed by atoms with van der Waals surface area (Å²) in [5.41, 5.74) is 1.93. The van der Waals surface area contributed by atoms with E-state index in [0.29, 0.717) is 24.1 Å². The summed E-state index contributed by atoms with van der Waals surface area (Å²) >= 11 is 1.30. The smallest absolute Gasteiger partial charge is 0.277 e. The summed E-state index contributed by atoms with van der Waals surface area (Å²) in [4.78, 5) is 12.4. The standard InChI is InChI=1S/C19H19N3O2S/c1-2-16(17(23)20-13-14-9-5-3-6-10-14)25-19-22-21-18(24-19)15-11-7-4-8-12-15/h3-12,16H,2,13H2,1H3,(H,20,23). The number of rotatable bonds is 7. The van der Waals surface area contributed by atoms with E-state index in [4.69, 9.17) is 4.42 Å². The number of aromatic nitrogens is 2. The lowest BCUT2D eigenvalue weighted by molar-refractivity contribution is -0.120. The average molecular weight is 353 g/mol. The van der Waals surface area contributed by atoms with Crippen LogP contribution in [0.5, 0.6) is 0 Å². The van der Waals surface area contributed by atoms with Gasteiger partial charge in [0.1, 0.15) is 0 Å². The van der Waals surface area contributed by atoms with Gasteiger partial charge in [-0.3, -0.25) is 4.79 Å². The number of nitrogens with zero attached hydrogens (tertiary/aromatic N) is 2. The Labute approximate surface area is 150 Å². The molecule has 0 aliphatic carbocycles. The van der Waals surface area contributed by atoms with Gasteiger partial charge < -0.3 is 9.73 Å². The lowest BCUT2D eigenvalue weighted by atomic mass is 10.2. The molecule has 2 aromatic carbocycles. The number of amides is 1. The summed E-state index contributed by atoms with van der Waals surface area (Å²) in [6.07, 6.45) is 0.675. The van der Waals surface area contributed by atoms with Gasteiger partial charge in [0.15, 0.2) is 0 Å². The van der Waals surface area contributed by atoms with E-state index >= 15 is 0 Å². The summed E-state index contributed by atoms with van der Waals surface area (Å²) in [6.45, 7) is 2.48. The normalized spacial score (nSPS) is 11.9. The van der Waals surface area contributed by atoms with E-state index in [2.05, 4.69) is 15.5 Å². The number of nitrogens with one attached hydrogen (secondary N) is 1. The molecule has 25 heavy (non-hydrogen) atoms. The van der Waals surface area contributed by atoms with Crippen LogP contribution in [-0.2, 0) is 11.3 Å². The highest BCUT2D eigenvalue weighted by Crippen LogP contribution is 2.27. The Kier molecular flexibility index (Phi) is 5.85. The number of carbonyl (C=O) groups excluding carboxylic acids is 1. The number of benzene rings is 2. The largest absolute Gasteiger partial charge is 0.411 e. The van der Waals surface area contributed by atoms with Gasteiger partial charge in [0.2, 0.25) is 11.8 Å². The monoisotopic (exact) mass is 353 g/mol. The molecule has 3 aromatic rings. The molecule has 1 atom stereocenters. The van der Waals surface area contributed by atoms with Gasteiger partial charge in [-0.05, 0) is 24.1 Å². The third kappa shape index (κ3) is 4.70. The van der Waals surface area contributed by atoms with Crippen LogP contribution in [0, 0.1) is 0 Å². The maximum atomic E-state index is 12.4. The third-order valence-electron chi connectivity index (χ3n) is 3.64. The lowest BCUT2D eigenvalue weighted by Gasteiger charge is -2.12. The van der Waals surface area contributed by atoms with Crippen molar-refractivity contribution in [3.8, 4) is 11.5 Å². The fourth-order valence-electron chi connectivity index (χ4n) is 2.30. The van der Waals surface area contributed by atoms with Gasteiger partial charge in [0, 0.05) is 12.1 Å². The van der Waals surface area contributed by atoms with E-state index in [1.165, 1.54) is 11.8 Å². The van der Waals surface area contributed by atoms with Crippen molar-refractivity contribution in [3.05, 3.63) is 66.2 Å². The highest BCUT2D eigenvalue weighted by Gasteiger charge is 2.21. The molecule has 0 aliphatic heterocycles. The van der Waals surface area contributed by atoms with E-state index < -0.39 is 0 Å². The summed E-state index contributed by atoms with van der Waals surface area (Å²) in [5.74, 6) is 0.429. The van der Waals surface area contributed by atoms with Gasteiger partial charge in [0.25, 0.3) is 5.22 Å². The number of thioether (sulfide) groups is 1. The zero-order valence-corrected chi connectivity index (χ0v) is 14.7. The Balaban J connectivity index is 1.60. The summed E-state index contributed by atoms with van der Waals surface area (Å²) < 4.78 is 5.68. The van der Waals surface area contributed by atoms with E-state index in [1.807, 2.05) is 67.6 Å². The van der Waals surface area contributed by atoms with Gasteiger partial charge in [-0.15, -0.1) is 10.2 Å². The average Bonchev–Trinajstić information content (AvgIpc) is 3.14. The topological polar surface area (TPSA) is 68.0 Å². The number of hydrogen-bond donors (Lipinski definition) is 1. The molecule has 0 radical (unpaired) electrons. The van der Waals surface area contributed by atoms with Gasteiger partial charge in [-0.1, -0.05) is 67.2 Å². The second kappa shape index (κ2) is 8.48. The molecule has 5 nitrogen and oxygen atoms in total. The van der Waals surface area contributed by atoms with Crippen LogP contribution in [0.2, 0.25) is 0 Å². The maximum absolute atomic E-state index is 12.4. The first kappa shape index (κ1) is 17.2. The van der Waals surface area contributed by atoms with Gasteiger partial charge >= 0.3 is 0 Å². The van der Waals surface area contributed by atoms with Gasteiger partial charge in [0.05, 0.1) is 5.25 Å². The minimum absolute atomic E-state index is 0.0317. The van der Waals surface area contributed by atoms with Crippen LogP contribution in [0.25, 0.3) is 11.5 Å². The van der Waals surface area contributed by atoms with Crippen LogP contribution in [0.4, 0.5) is 0 Å². The van der Waals surface area contributed by atoms with Gasteiger partial charge in [-0.25, -0.2) is 0 Å². The summed E-state index contributed by atoms with van der Waals surface area (Å²) in [5, 5.41) is 11.2. The predicted octanol–water partition coefficient (Wildman–Crippen LogP) is 3.92. The van der Waals surface area contributed by atoms with Crippen molar-refractivity contribution in [2.24, 2.45) is 0 Å². The highest BCUT2D eigenvalue weighted by atomic mass is 32.2. The molecule has 6 heteroatoms. The Morgan fingerprint density at radius 2 is 1.76 bits per heavy atom. The summed E-state index contributed by atoms with van der Waals surface area (Å²) in [6, 6.07) is 19.4. The molecule has 1 heterocycles. The van der Waals surface area contributed by atoms with Crippen molar-refractivity contribution in [3.63, 3.8) is 0 Å². The fourth-order valence-corrected chi connectivity index (χ4v) is 3.11. The summed E-state index contributed by atoms with van der Waals surface area (Å²) in [7, 11) is 0. The van der Waals surface area contributed by atoms with Crippen molar-refractivity contribution >= 4 is 17.7 Å². The van der Waals surface area contributed by atoms with Crippen molar-refractivity contribution in [1.29, 1.82) is 0 Å².